The Kier molecular flexibility index (Phi) is 4.31. The third-order valence-electron chi connectivity index (χ3n) is 4.50. The number of carbonyl (C=O) groups excluding carboxylic acids is 1. The number of hydrogen-bond acceptors (Lipinski definition) is 4. The zero-order valence-electron chi connectivity index (χ0n) is 14.5. The zero-order chi connectivity index (χ0) is 18.1. The fourth-order valence-corrected chi connectivity index (χ4v) is 3.78. The monoisotopic (exact) mass is 362 g/mol. The average molecular weight is 362 g/mol. The van der Waals surface area contributed by atoms with Crippen LogP contribution in [-0.4, -0.2) is 22.8 Å². The molecule has 26 heavy (non-hydrogen) atoms. The highest BCUT2D eigenvalue weighted by atomic mass is 32.1. The Hall–Kier alpha value is -2.92. The van der Waals surface area contributed by atoms with Crippen molar-refractivity contribution in [2.75, 3.05) is 7.05 Å². The smallest absolute Gasteiger partial charge is 0.289 e. The molecule has 0 saturated heterocycles. The minimum absolute atomic E-state index is 0.0419. The number of fused-ring (bicyclic) bond motifs is 1. The second-order valence-corrected chi connectivity index (χ2v) is 7.18. The Morgan fingerprint density at radius 2 is 1.77 bits per heavy atom. The maximum absolute atomic E-state index is 12.8. The molecule has 1 amide bonds. The van der Waals surface area contributed by atoms with Crippen molar-refractivity contribution < 1.29 is 9.21 Å². The summed E-state index contributed by atoms with van der Waals surface area (Å²) < 4.78 is 6.92. The third-order valence-corrected chi connectivity index (χ3v) is 5.56. The number of carbonyl (C=O) groups is 1. The van der Waals surface area contributed by atoms with E-state index in [-0.39, 0.29) is 11.9 Å². The van der Waals surface area contributed by atoms with Crippen LogP contribution in [0.15, 0.2) is 71.1 Å². The van der Waals surface area contributed by atoms with Gasteiger partial charge in [0, 0.05) is 7.05 Å². The van der Waals surface area contributed by atoms with E-state index in [1.807, 2.05) is 67.6 Å². The Balaban J connectivity index is 1.58. The van der Waals surface area contributed by atoms with E-state index in [9.17, 15) is 4.79 Å². The summed E-state index contributed by atoms with van der Waals surface area (Å²) in [6.45, 7) is 2.00. The number of furan rings is 1. The van der Waals surface area contributed by atoms with Gasteiger partial charge in [-0.25, -0.2) is 4.98 Å². The van der Waals surface area contributed by atoms with Gasteiger partial charge in [0.25, 0.3) is 5.91 Å². The predicted octanol–water partition coefficient (Wildman–Crippen LogP) is 5.39. The lowest BCUT2D eigenvalue weighted by molar-refractivity contribution is 0.0711. The standard InChI is InChI=1S/C21H18N2O2S/c1-14(15-8-4-3-5-9-15)23(2)21(24)18-13-12-17(25-18)20-22-16-10-6-7-11-19(16)26-20/h3-14H,1-2H3. The van der Waals surface area contributed by atoms with Gasteiger partial charge in [-0.05, 0) is 36.8 Å². The van der Waals surface area contributed by atoms with Gasteiger partial charge in [0.15, 0.2) is 16.5 Å². The highest BCUT2D eigenvalue weighted by Crippen LogP contribution is 2.31. The van der Waals surface area contributed by atoms with E-state index < -0.39 is 0 Å². The number of rotatable bonds is 4. The number of hydrogen-bond donors (Lipinski definition) is 0. The summed E-state index contributed by atoms with van der Waals surface area (Å²) >= 11 is 1.56. The summed E-state index contributed by atoms with van der Waals surface area (Å²) in [4.78, 5) is 19.1. The van der Waals surface area contributed by atoms with Crippen molar-refractivity contribution in [1.82, 2.24) is 9.88 Å². The molecule has 4 aromatic rings. The molecule has 0 aliphatic heterocycles. The second-order valence-electron chi connectivity index (χ2n) is 6.15. The van der Waals surface area contributed by atoms with Crippen molar-refractivity contribution in [3.63, 3.8) is 0 Å². The van der Waals surface area contributed by atoms with Crippen molar-refractivity contribution in [2.45, 2.75) is 13.0 Å². The van der Waals surface area contributed by atoms with Gasteiger partial charge in [-0.3, -0.25) is 4.79 Å². The molecule has 0 bridgehead atoms. The molecule has 0 fully saturated rings. The van der Waals surface area contributed by atoms with E-state index in [1.54, 1.807) is 29.4 Å². The summed E-state index contributed by atoms with van der Waals surface area (Å²) in [5.41, 5.74) is 2.02. The molecule has 0 aliphatic carbocycles. The van der Waals surface area contributed by atoms with Gasteiger partial charge < -0.3 is 9.32 Å². The quantitative estimate of drug-likeness (QED) is 0.489. The molecule has 0 spiro atoms. The van der Waals surface area contributed by atoms with Crippen LogP contribution in [0.5, 0.6) is 0 Å². The van der Waals surface area contributed by atoms with Crippen molar-refractivity contribution in [1.29, 1.82) is 0 Å². The van der Waals surface area contributed by atoms with Crippen molar-refractivity contribution in [2.24, 2.45) is 0 Å². The van der Waals surface area contributed by atoms with Crippen LogP contribution in [-0.2, 0) is 0 Å². The van der Waals surface area contributed by atoms with Gasteiger partial charge in [0.05, 0.1) is 16.3 Å². The number of para-hydroxylation sites is 1. The largest absolute Gasteiger partial charge is 0.448 e. The maximum Gasteiger partial charge on any atom is 0.289 e. The van der Waals surface area contributed by atoms with Gasteiger partial charge in [0.2, 0.25) is 0 Å². The molecule has 2 heterocycles. The van der Waals surface area contributed by atoms with Crippen LogP contribution >= 0.6 is 11.3 Å². The number of amides is 1. The highest BCUT2D eigenvalue weighted by molar-refractivity contribution is 7.21. The normalized spacial score (nSPS) is 12.2. The molecule has 4 rings (SSSR count). The number of benzene rings is 2. The molecule has 4 nitrogen and oxygen atoms in total. The van der Waals surface area contributed by atoms with Gasteiger partial charge in [-0.1, -0.05) is 42.5 Å². The Labute approximate surface area is 155 Å². The molecule has 0 radical (unpaired) electrons. The second kappa shape index (κ2) is 6.77. The lowest BCUT2D eigenvalue weighted by Crippen LogP contribution is -2.29. The lowest BCUT2D eigenvalue weighted by atomic mass is 10.1. The highest BCUT2D eigenvalue weighted by Gasteiger charge is 2.22. The molecule has 2 aromatic heterocycles. The fraction of sp³-hybridized carbons (Fsp3) is 0.143. The van der Waals surface area contributed by atoms with Gasteiger partial charge in [0.1, 0.15) is 0 Å². The fourth-order valence-electron chi connectivity index (χ4n) is 2.85. The van der Waals surface area contributed by atoms with E-state index >= 15 is 0 Å². The molecule has 1 unspecified atom stereocenters. The molecule has 0 N–H and O–H groups in total. The number of nitrogens with zero attached hydrogens (tertiary/aromatic N) is 2. The average Bonchev–Trinajstić information content (AvgIpc) is 3.33. The van der Waals surface area contributed by atoms with Crippen molar-refractivity contribution in [3.8, 4) is 10.8 Å². The van der Waals surface area contributed by atoms with Gasteiger partial charge in [-0.2, -0.15) is 0 Å². The summed E-state index contributed by atoms with van der Waals surface area (Å²) in [7, 11) is 1.79. The summed E-state index contributed by atoms with van der Waals surface area (Å²) in [5.74, 6) is 0.800. The zero-order valence-corrected chi connectivity index (χ0v) is 15.4. The summed E-state index contributed by atoms with van der Waals surface area (Å²) in [6, 6.07) is 21.4. The first-order valence-corrected chi connectivity index (χ1v) is 9.23. The number of thiazole rings is 1. The lowest BCUT2D eigenvalue weighted by Gasteiger charge is -2.24. The topological polar surface area (TPSA) is 46.3 Å². The first kappa shape index (κ1) is 16.5. The van der Waals surface area contributed by atoms with Gasteiger partial charge in [-0.15, -0.1) is 11.3 Å². The van der Waals surface area contributed by atoms with Crippen molar-refractivity contribution >= 4 is 27.5 Å². The predicted molar refractivity (Wildman–Crippen MR) is 104 cm³/mol. The Morgan fingerprint density at radius 3 is 2.54 bits per heavy atom. The Bertz CT molecular complexity index is 1020. The van der Waals surface area contributed by atoms with Crippen LogP contribution in [0.25, 0.3) is 21.0 Å². The Morgan fingerprint density at radius 1 is 1.04 bits per heavy atom. The minimum atomic E-state index is -0.145. The van der Waals surface area contributed by atoms with Crippen LogP contribution in [0, 0.1) is 0 Å². The van der Waals surface area contributed by atoms with Crippen LogP contribution in [0.1, 0.15) is 29.1 Å². The molecule has 0 saturated carbocycles. The molecule has 130 valence electrons. The SMILES string of the molecule is CC(c1ccccc1)N(C)C(=O)c1ccc(-c2nc3ccccc3s2)o1. The first-order chi connectivity index (χ1) is 12.6. The maximum atomic E-state index is 12.8. The van der Waals surface area contributed by atoms with Crippen LogP contribution in [0.4, 0.5) is 0 Å². The number of aromatic nitrogens is 1. The molecular formula is C21H18N2O2S. The van der Waals surface area contributed by atoms with E-state index in [4.69, 9.17) is 4.42 Å². The van der Waals surface area contributed by atoms with E-state index in [1.165, 1.54) is 0 Å². The molecule has 5 heteroatoms. The van der Waals surface area contributed by atoms with E-state index in [2.05, 4.69) is 4.98 Å². The first-order valence-electron chi connectivity index (χ1n) is 8.41. The van der Waals surface area contributed by atoms with Gasteiger partial charge >= 0.3 is 0 Å². The van der Waals surface area contributed by atoms with Crippen molar-refractivity contribution in [3.05, 3.63) is 78.1 Å². The van der Waals surface area contributed by atoms with E-state index in [0.29, 0.717) is 11.5 Å². The summed E-state index contributed by atoms with van der Waals surface area (Å²) in [6.07, 6.45) is 0. The van der Waals surface area contributed by atoms with Crippen LogP contribution in [0.3, 0.4) is 0 Å². The molecule has 2 aromatic carbocycles. The summed E-state index contributed by atoms with van der Waals surface area (Å²) in [5, 5.41) is 0.781. The molecule has 1 atom stereocenters. The minimum Gasteiger partial charge on any atom is -0.448 e. The van der Waals surface area contributed by atoms with E-state index in [0.717, 1.165) is 20.8 Å². The van der Waals surface area contributed by atoms with Crippen LogP contribution < -0.4 is 0 Å². The molecular weight excluding hydrogens is 344 g/mol. The van der Waals surface area contributed by atoms with Crippen LogP contribution in [0.2, 0.25) is 0 Å². The molecule has 0 aliphatic rings. The third kappa shape index (κ3) is 3.02.